The zero-order chi connectivity index (χ0) is 9.19. The first-order valence-corrected chi connectivity index (χ1v) is 3.70. The number of phenolic OH excluding ortho intramolecular Hbond substituents is 1. The van der Waals surface area contributed by atoms with Gasteiger partial charge in [-0.25, -0.2) is 0 Å². The normalized spacial score (nSPS) is 11.2. The number of phenols is 1. The molecule has 0 aliphatic rings. The lowest BCUT2D eigenvalue weighted by Crippen LogP contribution is -2.14. The largest absolute Gasteiger partial charge is 0.508 e. The number of alkyl halides is 2. The highest BCUT2D eigenvalue weighted by atomic mass is 31.0. The molecular weight excluding hydrogens is 185 g/mol. The summed E-state index contributed by atoms with van der Waals surface area (Å²) < 4.78 is 28.5. The SMILES string of the molecule is Oc1ccc(OC(F)(F)P)cc1. The minimum absolute atomic E-state index is 0.00722. The Kier molecular flexibility index (Phi) is 2.48. The molecule has 0 saturated carbocycles. The van der Waals surface area contributed by atoms with Gasteiger partial charge in [0.1, 0.15) is 11.5 Å². The van der Waals surface area contributed by atoms with E-state index in [9.17, 15) is 8.78 Å². The summed E-state index contributed by atoms with van der Waals surface area (Å²) in [6.45, 7) is 0. The van der Waals surface area contributed by atoms with Crippen LogP contribution in [0.4, 0.5) is 8.78 Å². The molecule has 0 saturated heterocycles. The fourth-order valence-electron chi connectivity index (χ4n) is 0.671. The second-order valence-electron chi connectivity index (χ2n) is 2.16. The first kappa shape index (κ1) is 9.20. The molecular formula is C7H7F2O2P. The van der Waals surface area contributed by atoms with Crippen molar-refractivity contribution in [2.24, 2.45) is 0 Å². The Labute approximate surface area is 70.4 Å². The smallest absolute Gasteiger partial charge is 0.408 e. The van der Waals surface area contributed by atoms with Crippen LogP contribution in [0.2, 0.25) is 0 Å². The summed E-state index contributed by atoms with van der Waals surface area (Å²) in [7, 11) is 1.26. The average molecular weight is 192 g/mol. The number of hydrogen-bond acceptors (Lipinski definition) is 2. The molecule has 0 heterocycles. The fraction of sp³-hybridized carbons (Fsp3) is 0.143. The maximum atomic E-state index is 12.2. The molecule has 5 heteroatoms. The summed E-state index contributed by atoms with van der Waals surface area (Å²) >= 11 is 0. The second-order valence-corrected chi connectivity index (χ2v) is 2.83. The minimum atomic E-state index is -3.27. The highest BCUT2D eigenvalue weighted by Crippen LogP contribution is 2.27. The van der Waals surface area contributed by atoms with E-state index in [2.05, 4.69) is 4.74 Å². The Bertz CT molecular complexity index is 255. The van der Waals surface area contributed by atoms with E-state index in [1.54, 1.807) is 0 Å². The van der Waals surface area contributed by atoms with Gasteiger partial charge in [0, 0.05) is 0 Å². The lowest BCUT2D eigenvalue weighted by Gasteiger charge is -2.12. The van der Waals surface area contributed by atoms with E-state index < -0.39 is 5.85 Å². The lowest BCUT2D eigenvalue weighted by molar-refractivity contribution is -0.0892. The Hall–Kier alpha value is -0.890. The van der Waals surface area contributed by atoms with Crippen LogP contribution in [-0.2, 0) is 0 Å². The third-order valence-corrected chi connectivity index (χ3v) is 1.21. The van der Waals surface area contributed by atoms with Gasteiger partial charge in [0.05, 0.1) is 0 Å². The van der Waals surface area contributed by atoms with Crippen molar-refractivity contribution in [3.8, 4) is 11.5 Å². The van der Waals surface area contributed by atoms with Gasteiger partial charge in [-0.05, 0) is 33.5 Å². The molecule has 0 fully saturated rings. The fourth-order valence-corrected chi connectivity index (χ4v) is 0.807. The number of halogens is 2. The zero-order valence-electron chi connectivity index (χ0n) is 6.00. The number of aromatic hydroxyl groups is 1. The lowest BCUT2D eigenvalue weighted by atomic mass is 10.3. The van der Waals surface area contributed by atoms with Gasteiger partial charge in [0.25, 0.3) is 0 Å². The van der Waals surface area contributed by atoms with Crippen molar-refractivity contribution in [1.82, 2.24) is 0 Å². The van der Waals surface area contributed by atoms with E-state index in [-0.39, 0.29) is 11.5 Å². The first-order valence-electron chi connectivity index (χ1n) is 3.12. The van der Waals surface area contributed by atoms with Crippen LogP contribution in [0.5, 0.6) is 11.5 Å². The van der Waals surface area contributed by atoms with Crippen LogP contribution in [0, 0.1) is 0 Å². The quantitative estimate of drug-likeness (QED) is 0.728. The van der Waals surface area contributed by atoms with Crippen molar-refractivity contribution >= 4 is 9.24 Å². The van der Waals surface area contributed by atoms with E-state index in [1.165, 1.54) is 33.5 Å². The van der Waals surface area contributed by atoms with Crippen LogP contribution in [0.3, 0.4) is 0 Å². The molecule has 0 amide bonds. The summed E-state index contributed by atoms with van der Waals surface area (Å²) in [5, 5.41) is 8.81. The zero-order valence-corrected chi connectivity index (χ0v) is 7.15. The maximum absolute atomic E-state index is 12.2. The van der Waals surface area contributed by atoms with Crippen molar-refractivity contribution in [2.75, 3.05) is 0 Å². The van der Waals surface area contributed by atoms with Crippen LogP contribution in [0.15, 0.2) is 24.3 Å². The monoisotopic (exact) mass is 192 g/mol. The van der Waals surface area contributed by atoms with Crippen LogP contribution in [0.1, 0.15) is 0 Å². The predicted octanol–water partition coefficient (Wildman–Crippen LogP) is 2.20. The molecule has 66 valence electrons. The second kappa shape index (κ2) is 3.23. The summed E-state index contributed by atoms with van der Waals surface area (Å²) in [5.41, 5.74) is 0. The van der Waals surface area contributed by atoms with E-state index in [1.807, 2.05) is 0 Å². The van der Waals surface area contributed by atoms with Crippen molar-refractivity contribution in [3.63, 3.8) is 0 Å². The Morgan fingerprint density at radius 3 is 2.17 bits per heavy atom. The van der Waals surface area contributed by atoms with Crippen LogP contribution < -0.4 is 4.74 Å². The van der Waals surface area contributed by atoms with E-state index in [4.69, 9.17) is 5.11 Å². The predicted molar refractivity (Wildman–Crippen MR) is 43.4 cm³/mol. The molecule has 1 unspecified atom stereocenters. The van der Waals surface area contributed by atoms with Gasteiger partial charge in [-0.2, -0.15) is 8.78 Å². The molecule has 0 spiro atoms. The standard InChI is InChI=1S/C7H7F2O2P/c8-7(9,12)11-6-3-1-5(10)2-4-6/h1-4,10H,12H2. The summed E-state index contributed by atoms with van der Waals surface area (Å²) in [5.74, 6) is -3.25. The molecule has 0 aliphatic heterocycles. The van der Waals surface area contributed by atoms with Gasteiger partial charge in [-0.1, -0.05) is 0 Å². The number of ether oxygens (including phenoxy) is 1. The van der Waals surface area contributed by atoms with Gasteiger partial charge in [0.2, 0.25) is 0 Å². The van der Waals surface area contributed by atoms with Crippen LogP contribution in [0.25, 0.3) is 0 Å². The Morgan fingerprint density at radius 2 is 1.75 bits per heavy atom. The molecule has 0 bridgehead atoms. The van der Waals surface area contributed by atoms with Crippen molar-refractivity contribution in [2.45, 2.75) is 5.85 Å². The van der Waals surface area contributed by atoms with Crippen LogP contribution in [-0.4, -0.2) is 11.0 Å². The summed E-state index contributed by atoms with van der Waals surface area (Å²) in [4.78, 5) is 0. The van der Waals surface area contributed by atoms with Crippen molar-refractivity contribution in [1.29, 1.82) is 0 Å². The van der Waals surface area contributed by atoms with E-state index in [0.29, 0.717) is 0 Å². The Balaban J connectivity index is 2.71. The maximum Gasteiger partial charge on any atom is 0.408 e. The molecule has 1 aromatic carbocycles. The van der Waals surface area contributed by atoms with Crippen molar-refractivity contribution in [3.05, 3.63) is 24.3 Å². The molecule has 1 rings (SSSR count). The van der Waals surface area contributed by atoms with Crippen molar-refractivity contribution < 1.29 is 18.6 Å². The van der Waals surface area contributed by atoms with Gasteiger partial charge in [0.15, 0.2) is 0 Å². The molecule has 1 atom stereocenters. The number of hydrogen-bond donors (Lipinski definition) is 1. The van der Waals surface area contributed by atoms with E-state index >= 15 is 0 Å². The average Bonchev–Trinajstić information content (AvgIpc) is 1.91. The van der Waals surface area contributed by atoms with Gasteiger partial charge in [-0.15, -0.1) is 0 Å². The topological polar surface area (TPSA) is 29.5 Å². The highest BCUT2D eigenvalue weighted by Gasteiger charge is 2.22. The summed E-state index contributed by atoms with van der Waals surface area (Å²) in [6.07, 6.45) is 0. The molecule has 1 N–H and O–H groups in total. The summed E-state index contributed by atoms with van der Waals surface area (Å²) in [6, 6.07) is 5.05. The third kappa shape index (κ3) is 3.01. The minimum Gasteiger partial charge on any atom is -0.508 e. The molecule has 2 nitrogen and oxygen atoms in total. The van der Waals surface area contributed by atoms with E-state index in [0.717, 1.165) is 0 Å². The number of rotatable bonds is 2. The molecule has 0 aromatic heterocycles. The van der Waals surface area contributed by atoms with Gasteiger partial charge in [-0.3, -0.25) is 0 Å². The van der Waals surface area contributed by atoms with Crippen LogP contribution >= 0.6 is 9.24 Å². The first-order chi connectivity index (χ1) is 5.47. The third-order valence-electron chi connectivity index (χ3n) is 1.09. The number of benzene rings is 1. The van der Waals surface area contributed by atoms with Gasteiger partial charge < -0.3 is 9.84 Å². The van der Waals surface area contributed by atoms with Gasteiger partial charge >= 0.3 is 5.85 Å². The highest BCUT2D eigenvalue weighted by molar-refractivity contribution is 7.17. The molecule has 0 radical (unpaired) electrons. The molecule has 0 aliphatic carbocycles. The molecule has 1 aromatic rings. The molecule has 12 heavy (non-hydrogen) atoms. The Morgan fingerprint density at radius 1 is 1.25 bits per heavy atom.